The average Bonchev–Trinajstić information content (AvgIpc) is 3.54. The second-order valence-electron chi connectivity index (χ2n) is 13.0. The SMILES string of the molecule is c1ccc(N(c2ccc3ccccc3c2)c2cc3sc4cc5ccccc5cc4c3cc2N(c2ccccc2)c2ccc3ccccc3c2)cc1. The maximum Gasteiger partial charge on any atom is 0.0716 e. The van der Waals surface area contributed by atoms with Crippen LogP contribution in [0.2, 0.25) is 0 Å². The summed E-state index contributed by atoms with van der Waals surface area (Å²) in [6, 6.07) is 70.7. The van der Waals surface area contributed by atoms with E-state index in [1.54, 1.807) is 0 Å². The molecule has 0 saturated carbocycles. The first-order valence-electron chi connectivity index (χ1n) is 17.3. The number of hydrogen-bond acceptors (Lipinski definition) is 3. The third-order valence-corrected chi connectivity index (χ3v) is 11.0. The van der Waals surface area contributed by atoms with Crippen molar-refractivity contribution in [2.24, 2.45) is 0 Å². The van der Waals surface area contributed by atoms with Gasteiger partial charge in [-0.25, -0.2) is 0 Å². The highest BCUT2D eigenvalue weighted by atomic mass is 32.1. The summed E-state index contributed by atoms with van der Waals surface area (Å²) < 4.78 is 2.55. The molecule has 0 fully saturated rings. The second kappa shape index (κ2) is 12.2. The lowest BCUT2D eigenvalue weighted by Gasteiger charge is -2.33. The third kappa shape index (κ3) is 5.18. The van der Waals surface area contributed by atoms with E-state index >= 15 is 0 Å². The minimum atomic E-state index is 1.10. The fourth-order valence-electron chi connectivity index (χ4n) is 7.48. The van der Waals surface area contributed by atoms with Gasteiger partial charge in [-0.2, -0.15) is 0 Å². The Balaban J connectivity index is 1.32. The lowest BCUT2D eigenvalue weighted by atomic mass is 10.0. The largest absolute Gasteiger partial charge is 0.308 e. The first-order chi connectivity index (χ1) is 25.3. The minimum absolute atomic E-state index is 1.10. The van der Waals surface area contributed by atoms with Crippen molar-refractivity contribution in [2.45, 2.75) is 0 Å². The zero-order valence-corrected chi connectivity index (χ0v) is 28.6. The van der Waals surface area contributed by atoms with Gasteiger partial charge in [-0.1, -0.05) is 121 Å². The van der Waals surface area contributed by atoms with Crippen molar-refractivity contribution in [1.29, 1.82) is 0 Å². The molecule has 0 N–H and O–H groups in total. The van der Waals surface area contributed by atoms with Crippen LogP contribution >= 0.6 is 11.3 Å². The summed E-state index contributed by atoms with van der Waals surface area (Å²) in [5.41, 5.74) is 6.64. The number of benzene rings is 9. The molecule has 0 amide bonds. The van der Waals surface area contributed by atoms with Gasteiger partial charge in [0.15, 0.2) is 0 Å². The normalized spacial score (nSPS) is 11.5. The maximum atomic E-state index is 2.43. The van der Waals surface area contributed by atoms with E-state index < -0.39 is 0 Å². The van der Waals surface area contributed by atoms with Crippen LogP contribution in [0.25, 0.3) is 52.5 Å². The Hall–Kier alpha value is -6.42. The minimum Gasteiger partial charge on any atom is -0.308 e. The van der Waals surface area contributed by atoms with E-state index in [2.05, 4.69) is 204 Å². The molecule has 1 heterocycles. The number of nitrogens with zero attached hydrogens (tertiary/aromatic N) is 2. The molecule has 9 aromatic carbocycles. The predicted molar refractivity (Wildman–Crippen MR) is 221 cm³/mol. The summed E-state index contributed by atoms with van der Waals surface area (Å²) in [7, 11) is 0. The fourth-order valence-corrected chi connectivity index (χ4v) is 8.63. The molecular formula is C48H32N2S. The van der Waals surface area contributed by atoms with Crippen molar-refractivity contribution in [2.75, 3.05) is 9.80 Å². The number of para-hydroxylation sites is 2. The highest BCUT2D eigenvalue weighted by Crippen LogP contribution is 2.50. The van der Waals surface area contributed by atoms with Gasteiger partial charge in [0.1, 0.15) is 0 Å². The standard InChI is InChI=1S/C48H32N2S/c1-3-19-39(20-4-1)49(41-25-23-33-13-7-9-15-35(33)27-41)45-31-44-43-29-37-17-11-12-18-38(37)30-47(43)51-48(44)32-46(45)50(40-21-5-2-6-22-40)42-26-24-34-14-8-10-16-36(34)28-42/h1-32H. The summed E-state index contributed by atoms with van der Waals surface area (Å²) in [5, 5.41) is 9.93. The summed E-state index contributed by atoms with van der Waals surface area (Å²) in [6.07, 6.45) is 0. The second-order valence-corrected chi connectivity index (χ2v) is 14.1. The van der Waals surface area contributed by atoms with Crippen LogP contribution in [0.3, 0.4) is 0 Å². The van der Waals surface area contributed by atoms with E-state index in [1.807, 2.05) is 11.3 Å². The van der Waals surface area contributed by atoms with Crippen LogP contribution in [-0.2, 0) is 0 Å². The monoisotopic (exact) mass is 668 g/mol. The number of rotatable bonds is 6. The molecule has 1 aromatic heterocycles. The number of anilines is 6. The molecule has 10 rings (SSSR count). The molecule has 0 aliphatic carbocycles. The van der Waals surface area contributed by atoms with E-state index in [1.165, 1.54) is 52.5 Å². The summed E-state index contributed by atoms with van der Waals surface area (Å²) in [4.78, 5) is 4.86. The first kappa shape index (κ1) is 29.5. The van der Waals surface area contributed by atoms with Gasteiger partial charge in [-0.3, -0.25) is 0 Å². The summed E-state index contributed by atoms with van der Waals surface area (Å²) >= 11 is 1.87. The molecule has 240 valence electrons. The van der Waals surface area contributed by atoms with Gasteiger partial charge < -0.3 is 9.80 Å². The topological polar surface area (TPSA) is 6.48 Å². The molecule has 0 bridgehead atoms. The van der Waals surface area contributed by atoms with Crippen molar-refractivity contribution >= 4 is 98.0 Å². The lowest BCUT2D eigenvalue weighted by Crippen LogP contribution is -2.17. The van der Waals surface area contributed by atoms with Gasteiger partial charge in [-0.05, 0) is 105 Å². The molecule has 0 unspecified atom stereocenters. The van der Waals surface area contributed by atoms with E-state index in [-0.39, 0.29) is 0 Å². The van der Waals surface area contributed by atoms with E-state index in [0.717, 1.165) is 34.1 Å². The van der Waals surface area contributed by atoms with E-state index in [9.17, 15) is 0 Å². The van der Waals surface area contributed by atoms with Crippen LogP contribution in [0.4, 0.5) is 34.1 Å². The van der Waals surface area contributed by atoms with Crippen molar-refractivity contribution in [3.05, 3.63) is 194 Å². The Morgan fingerprint density at radius 1 is 0.275 bits per heavy atom. The molecule has 3 heteroatoms. The zero-order chi connectivity index (χ0) is 33.7. The maximum absolute atomic E-state index is 2.43. The van der Waals surface area contributed by atoms with Crippen LogP contribution in [-0.4, -0.2) is 0 Å². The van der Waals surface area contributed by atoms with Crippen molar-refractivity contribution < 1.29 is 0 Å². The molecule has 0 aliphatic rings. The molecule has 2 nitrogen and oxygen atoms in total. The Morgan fingerprint density at radius 2 is 0.667 bits per heavy atom. The third-order valence-electron chi connectivity index (χ3n) is 9.93. The van der Waals surface area contributed by atoms with Gasteiger partial charge in [0, 0.05) is 42.9 Å². The fraction of sp³-hybridized carbons (Fsp3) is 0. The van der Waals surface area contributed by atoms with Crippen molar-refractivity contribution in [3.8, 4) is 0 Å². The van der Waals surface area contributed by atoms with Gasteiger partial charge in [0.05, 0.1) is 11.4 Å². The quantitative estimate of drug-likeness (QED) is 0.174. The molecule has 10 aromatic rings. The zero-order valence-electron chi connectivity index (χ0n) is 27.8. The van der Waals surface area contributed by atoms with Crippen LogP contribution in [0.15, 0.2) is 194 Å². The Bertz CT molecular complexity index is 2880. The lowest BCUT2D eigenvalue weighted by molar-refractivity contribution is 1.24. The number of hydrogen-bond donors (Lipinski definition) is 0. The Labute approximate surface area is 300 Å². The first-order valence-corrected chi connectivity index (χ1v) is 18.2. The Kier molecular flexibility index (Phi) is 7.04. The average molecular weight is 669 g/mol. The molecule has 0 radical (unpaired) electrons. The van der Waals surface area contributed by atoms with E-state index in [4.69, 9.17) is 0 Å². The highest BCUT2D eigenvalue weighted by Gasteiger charge is 2.25. The van der Waals surface area contributed by atoms with Crippen molar-refractivity contribution in [3.63, 3.8) is 0 Å². The van der Waals surface area contributed by atoms with Gasteiger partial charge in [0.2, 0.25) is 0 Å². The Morgan fingerprint density at radius 3 is 1.20 bits per heavy atom. The number of thiophene rings is 1. The molecule has 0 atom stereocenters. The van der Waals surface area contributed by atoms with Gasteiger partial charge >= 0.3 is 0 Å². The van der Waals surface area contributed by atoms with Crippen molar-refractivity contribution in [1.82, 2.24) is 0 Å². The molecule has 0 aliphatic heterocycles. The highest BCUT2D eigenvalue weighted by molar-refractivity contribution is 7.26. The molecule has 0 spiro atoms. The van der Waals surface area contributed by atoms with Crippen LogP contribution in [0.5, 0.6) is 0 Å². The smallest absolute Gasteiger partial charge is 0.0716 e. The van der Waals surface area contributed by atoms with Crippen LogP contribution in [0.1, 0.15) is 0 Å². The van der Waals surface area contributed by atoms with Crippen LogP contribution < -0.4 is 9.80 Å². The molecule has 0 saturated heterocycles. The predicted octanol–water partition coefficient (Wildman–Crippen LogP) is 14.5. The number of fused-ring (bicyclic) bond motifs is 6. The summed E-state index contributed by atoms with van der Waals surface area (Å²) in [5.74, 6) is 0. The molecule has 51 heavy (non-hydrogen) atoms. The van der Waals surface area contributed by atoms with Gasteiger partial charge in [0.25, 0.3) is 0 Å². The summed E-state index contributed by atoms with van der Waals surface area (Å²) in [6.45, 7) is 0. The molecular weight excluding hydrogens is 637 g/mol. The van der Waals surface area contributed by atoms with Crippen LogP contribution in [0, 0.1) is 0 Å². The van der Waals surface area contributed by atoms with E-state index in [0.29, 0.717) is 0 Å². The van der Waals surface area contributed by atoms with Gasteiger partial charge in [-0.15, -0.1) is 11.3 Å².